The Morgan fingerprint density at radius 1 is 0.897 bits per heavy atom. The highest BCUT2D eigenvalue weighted by Gasteiger charge is 2.19. The number of rotatable bonds is 7. The van der Waals surface area contributed by atoms with Gasteiger partial charge in [0.1, 0.15) is 5.69 Å². The first-order valence-electron chi connectivity index (χ1n) is 8.68. The number of halogens is 2. The number of ether oxygens (including phenoxy) is 3. The lowest BCUT2D eigenvalue weighted by Gasteiger charge is -2.13. The summed E-state index contributed by atoms with van der Waals surface area (Å²) >= 11 is 0. The molecule has 3 rings (SSSR count). The molecule has 1 heterocycles. The first-order chi connectivity index (χ1) is 14.0. The molecule has 0 aliphatic heterocycles. The van der Waals surface area contributed by atoms with Crippen molar-refractivity contribution in [2.75, 3.05) is 21.3 Å². The van der Waals surface area contributed by atoms with E-state index >= 15 is 0 Å². The average molecular weight is 399 g/mol. The molecule has 7 heteroatoms. The summed E-state index contributed by atoms with van der Waals surface area (Å²) in [6.07, 6.45) is -2.54. The average Bonchev–Trinajstić information content (AvgIpc) is 2.77. The zero-order chi connectivity index (χ0) is 21.0. The monoisotopic (exact) mass is 399 g/mol. The zero-order valence-electron chi connectivity index (χ0n) is 16.1. The Bertz CT molecular complexity index is 995. The molecule has 1 aromatic heterocycles. The van der Waals surface area contributed by atoms with Gasteiger partial charge in [-0.1, -0.05) is 30.3 Å². The first-order valence-corrected chi connectivity index (χ1v) is 8.68. The number of hydrogen-bond acceptors (Lipinski definition) is 5. The van der Waals surface area contributed by atoms with Crippen LogP contribution in [0.25, 0.3) is 11.3 Å². The normalized spacial score (nSPS) is 10.7. The van der Waals surface area contributed by atoms with Crippen LogP contribution in [0.4, 0.5) is 8.78 Å². The molecule has 0 radical (unpaired) electrons. The molecule has 0 fully saturated rings. The van der Waals surface area contributed by atoms with E-state index in [4.69, 9.17) is 14.2 Å². The van der Waals surface area contributed by atoms with Crippen molar-refractivity contribution < 1.29 is 27.8 Å². The van der Waals surface area contributed by atoms with Crippen LogP contribution in [0.1, 0.15) is 28.0 Å². The van der Waals surface area contributed by atoms with Crippen molar-refractivity contribution in [2.45, 2.75) is 6.43 Å². The van der Waals surface area contributed by atoms with Crippen molar-refractivity contribution in [2.24, 2.45) is 0 Å². The van der Waals surface area contributed by atoms with Gasteiger partial charge in [-0.25, -0.2) is 13.8 Å². The molecule has 0 atom stereocenters. The number of methoxy groups -OCH3 is 3. The number of benzene rings is 2. The predicted octanol–water partition coefficient (Wildman–Crippen LogP) is 4.94. The van der Waals surface area contributed by atoms with E-state index in [0.29, 0.717) is 34.1 Å². The largest absolute Gasteiger partial charge is 0.493 e. The molecule has 0 bridgehead atoms. The van der Waals surface area contributed by atoms with E-state index in [1.165, 1.54) is 33.5 Å². The van der Waals surface area contributed by atoms with Crippen molar-refractivity contribution in [3.63, 3.8) is 0 Å². The fourth-order valence-corrected chi connectivity index (χ4v) is 2.88. The van der Waals surface area contributed by atoms with Crippen LogP contribution in [0.3, 0.4) is 0 Å². The van der Waals surface area contributed by atoms with Crippen molar-refractivity contribution in [3.8, 4) is 28.5 Å². The highest BCUT2D eigenvalue weighted by molar-refractivity contribution is 6.08. The molecule has 3 aromatic rings. The molecule has 150 valence electrons. The van der Waals surface area contributed by atoms with Gasteiger partial charge < -0.3 is 14.2 Å². The standard InChI is InChI=1S/C22H19F2NO4/c1-27-18-11-15(12-19(28-2)21(18)29-3)20(26)17-6-4-5-16(25-17)13-7-9-14(10-8-13)22(23)24/h4-12,22H,1-3H3. The molecule has 0 amide bonds. The number of hydrogen-bond donors (Lipinski definition) is 0. The Hall–Kier alpha value is -3.48. The maximum absolute atomic E-state index is 13.0. The highest BCUT2D eigenvalue weighted by atomic mass is 19.3. The van der Waals surface area contributed by atoms with Gasteiger partial charge in [0.25, 0.3) is 6.43 Å². The van der Waals surface area contributed by atoms with E-state index in [1.54, 1.807) is 42.5 Å². The second kappa shape index (κ2) is 8.68. The van der Waals surface area contributed by atoms with E-state index in [2.05, 4.69) is 4.98 Å². The minimum atomic E-state index is -2.54. The molecule has 0 aliphatic rings. The molecule has 29 heavy (non-hydrogen) atoms. The van der Waals surface area contributed by atoms with Gasteiger partial charge in [-0.05, 0) is 24.3 Å². The summed E-state index contributed by atoms with van der Waals surface area (Å²) in [6.45, 7) is 0. The van der Waals surface area contributed by atoms with Gasteiger partial charge >= 0.3 is 0 Å². The molecule has 0 saturated carbocycles. The minimum absolute atomic E-state index is 0.0709. The molecule has 0 unspecified atom stereocenters. The predicted molar refractivity (Wildman–Crippen MR) is 104 cm³/mol. The van der Waals surface area contributed by atoms with E-state index in [0.717, 1.165) is 0 Å². The number of carbonyl (C=O) groups is 1. The third-order valence-corrected chi connectivity index (χ3v) is 4.37. The molecule has 5 nitrogen and oxygen atoms in total. The van der Waals surface area contributed by atoms with Crippen molar-refractivity contribution in [3.05, 3.63) is 71.4 Å². The number of aromatic nitrogens is 1. The number of nitrogens with zero attached hydrogens (tertiary/aromatic N) is 1. The van der Waals surface area contributed by atoms with Gasteiger partial charge in [-0.2, -0.15) is 0 Å². The Balaban J connectivity index is 1.97. The molecule has 0 aliphatic carbocycles. The molecular formula is C22H19F2NO4. The molecular weight excluding hydrogens is 380 g/mol. The Kier molecular flexibility index (Phi) is 6.07. The van der Waals surface area contributed by atoms with E-state index in [1.807, 2.05) is 0 Å². The van der Waals surface area contributed by atoms with Crippen LogP contribution in [0.15, 0.2) is 54.6 Å². The van der Waals surface area contributed by atoms with Crippen LogP contribution >= 0.6 is 0 Å². The van der Waals surface area contributed by atoms with Crippen molar-refractivity contribution >= 4 is 5.78 Å². The van der Waals surface area contributed by atoms with E-state index < -0.39 is 6.43 Å². The summed E-state index contributed by atoms with van der Waals surface area (Å²) in [4.78, 5) is 17.4. The van der Waals surface area contributed by atoms with Crippen molar-refractivity contribution in [1.29, 1.82) is 0 Å². The lowest BCUT2D eigenvalue weighted by atomic mass is 10.0. The Morgan fingerprint density at radius 3 is 2.03 bits per heavy atom. The molecule has 0 spiro atoms. The van der Waals surface area contributed by atoms with E-state index in [-0.39, 0.29) is 17.0 Å². The maximum atomic E-state index is 13.0. The second-order valence-electron chi connectivity index (χ2n) is 6.07. The van der Waals surface area contributed by atoms with Crippen LogP contribution < -0.4 is 14.2 Å². The first kappa shape index (κ1) is 20.3. The third-order valence-electron chi connectivity index (χ3n) is 4.37. The zero-order valence-corrected chi connectivity index (χ0v) is 16.1. The van der Waals surface area contributed by atoms with Gasteiger partial charge in [-0.15, -0.1) is 0 Å². The second-order valence-corrected chi connectivity index (χ2v) is 6.07. The number of alkyl halides is 2. The lowest BCUT2D eigenvalue weighted by Crippen LogP contribution is -2.06. The smallest absolute Gasteiger partial charge is 0.263 e. The summed E-state index contributed by atoms with van der Waals surface area (Å²) in [6, 6.07) is 13.9. The van der Waals surface area contributed by atoms with E-state index in [9.17, 15) is 13.6 Å². The van der Waals surface area contributed by atoms with Crippen LogP contribution in [-0.2, 0) is 0 Å². The summed E-state index contributed by atoms with van der Waals surface area (Å²) in [5.74, 6) is 0.755. The van der Waals surface area contributed by atoms with Crippen LogP contribution in [0.5, 0.6) is 17.2 Å². The summed E-state index contributed by atoms with van der Waals surface area (Å²) < 4.78 is 41.3. The topological polar surface area (TPSA) is 57.7 Å². The molecule has 2 aromatic carbocycles. The highest BCUT2D eigenvalue weighted by Crippen LogP contribution is 2.38. The minimum Gasteiger partial charge on any atom is -0.493 e. The van der Waals surface area contributed by atoms with Crippen molar-refractivity contribution in [1.82, 2.24) is 4.98 Å². The number of carbonyl (C=O) groups excluding carboxylic acids is 1. The number of pyridine rings is 1. The summed E-state index contributed by atoms with van der Waals surface area (Å²) in [7, 11) is 4.41. The fourth-order valence-electron chi connectivity index (χ4n) is 2.88. The summed E-state index contributed by atoms with van der Waals surface area (Å²) in [5, 5.41) is 0. The van der Waals surface area contributed by atoms with Gasteiger partial charge in [0, 0.05) is 16.7 Å². The third kappa shape index (κ3) is 4.18. The van der Waals surface area contributed by atoms with Gasteiger partial charge in [0.15, 0.2) is 11.5 Å². The fraction of sp³-hybridized carbons (Fsp3) is 0.182. The number of ketones is 1. The Labute approximate surface area is 166 Å². The Morgan fingerprint density at radius 2 is 1.52 bits per heavy atom. The SMILES string of the molecule is COc1cc(C(=O)c2cccc(-c3ccc(C(F)F)cc3)n2)cc(OC)c1OC. The van der Waals surface area contributed by atoms with Crippen LogP contribution in [-0.4, -0.2) is 32.1 Å². The summed E-state index contributed by atoms with van der Waals surface area (Å²) in [5.41, 5.74) is 1.59. The van der Waals surface area contributed by atoms with Gasteiger partial charge in [0.05, 0.1) is 27.0 Å². The van der Waals surface area contributed by atoms with Gasteiger partial charge in [-0.3, -0.25) is 4.79 Å². The molecule has 0 saturated heterocycles. The molecule has 0 N–H and O–H groups in total. The maximum Gasteiger partial charge on any atom is 0.263 e. The van der Waals surface area contributed by atoms with Crippen LogP contribution in [0, 0.1) is 0 Å². The van der Waals surface area contributed by atoms with Gasteiger partial charge in [0.2, 0.25) is 11.5 Å². The quantitative estimate of drug-likeness (QED) is 0.527. The lowest BCUT2D eigenvalue weighted by molar-refractivity contribution is 0.103. The van der Waals surface area contributed by atoms with Crippen LogP contribution in [0.2, 0.25) is 0 Å².